The molecule has 0 saturated carbocycles. The maximum atomic E-state index is 9.09. The van der Waals surface area contributed by atoms with Crippen molar-refractivity contribution < 1.29 is 34.1 Å². The van der Waals surface area contributed by atoms with Gasteiger partial charge in [-0.25, -0.2) is 0 Å². The van der Waals surface area contributed by atoms with Gasteiger partial charge in [0.05, 0.1) is 0 Å². The Morgan fingerprint density at radius 2 is 1.33 bits per heavy atom. The van der Waals surface area contributed by atoms with Crippen molar-refractivity contribution in [1.82, 2.24) is 0 Å². The Morgan fingerprint density at radius 1 is 1.33 bits per heavy atom. The molecule has 6 heteroatoms. The number of hydrogen-bond acceptors (Lipinski definition) is 1. The molecule has 1 nitrogen and oxygen atoms in total. The van der Waals surface area contributed by atoms with Crippen LogP contribution in [0, 0.1) is 0 Å². The average molecular weight is 157 g/mol. The van der Waals surface area contributed by atoms with Gasteiger partial charge in [0.25, 0.3) is 0 Å². The Bertz CT molecular complexity index is 18.3. The van der Waals surface area contributed by atoms with Gasteiger partial charge in [-0.15, -0.1) is 0 Å². The molecule has 34 valence electrons. The van der Waals surface area contributed by atoms with Crippen LogP contribution in [0.4, 0.5) is 0 Å². The summed E-state index contributed by atoms with van der Waals surface area (Å²) in [4.78, 5) is 0. The Morgan fingerprint density at radius 3 is 1.33 bits per heavy atom. The second-order valence-corrected chi connectivity index (χ2v) is 2.71. The molecule has 0 atom stereocenters. The summed E-state index contributed by atoms with van der Waals surface area (Å²) in [6.07, 6.45) is 0. The smallest absolute Gasteiger partial charge is 0.582 e. The van der Waals surface area contributed by atoms with Gasteiger partial charge < -0.3 is 4.55 Å². The molecule has 0 bridgehead atoms. The zero-order valence-electron chi connectivity index (χ0n) is 2.57. The third kappa shape index (κ3) is 38.3. The van der Waals surface area contributed by atoms with Crippen LogP contribution < -0.4 is 29.6 Å². The van der Waals surface area contributed by atoms with Gasteiger partial charge in [-0.2, -0.15) is 0 Å². The van der Waals surface area contributed by atoms with Crippen molar-refractivity contribution >= 4 is 39.4 Å². The van der Waals surface area contributed by atoms with Gasteiger partial charge in [-0.1, -0.05) is 8.41 Å². The molecule has 0 aliphatic heterocycles. The van der Waals surface area contributed by atoms with E-state index < -0.39 is 9.60 Å². The van der Waals surface area contributed by atoms with Gasteiger partial charge >= 0.3 is 29.6 Å². The van der Waals surface area contributed by atoms with Gasteiger partial charge in [0.2, 0.25) is 0 Å². The van der Waals surface area contributed by atoms with E-state index in [4.69, 9.17) is 4.55 Å². The molecule has 0 fully saturated rings. The molecule has 0 aromatic heterocycles. The first kappa shape index (κ1) is 15.7. The Balaban J connectivity index is -0.0000000450. The third-order valence-electron chi connectivity index (χ3n) is 0. The van der Waals surface area contributed by atoms with E-state index in [-0.39, 0.29) is 38.0 Å². The van der Waals surface area contributed by atoms with Crippen LogP contribution in [-0.2, 0) is 9.60 Å². The SMILES string of the molecule is [BH4-].[Na+].[O-][S+](Cl)Cl. The first-order valence-corrected chi connectivity index (χ1v) is 3.28. The van der Waals surface area contributed by atoms with E-state index in [1.165, 1.54) is 0 Å². The van der Waals surface area contributed by atoms with E-state index in [2.05, 4.69) is 21.4 Å². The average Bonchev–Trinajstić information content (AvgIpc) is 0.811. The van der Waals surface area contributed by atoms with E-state index in [1.54, 1.807) is 0 Å². The maximum absolute atomic E-state index is 9.09. The van der Waals surface area contributed by atoms with Crippen molar-refractivity contribution in [2.24, 2.45) is 0 Å². The summed E-state index contributed by atoms with van der Waals surface area (Å²) in [6, 6.07) is 0. The minimum Gasteiger partial charge on any atom is -0.582 e. The first-order chi connectivity index (χ1) is 1.73. The second-order valence-electron chi connectivity index (χ2n) is 0.184. The third-order valence-corrected chi connectivity index (χ3v) is 0. The van der Waals surface area contributed by atoms with Crippen LogP contribution in [0.3, 0.4) is 0 Å². The topological polar surface area (TPSA) is 23.1 Å². The first-order valence-electron chi connectivity index (χ1n) is 0.475. The quantitative estimate of drug-likeness (QED) is 0.265. The summed E-state index contributed by atoms with van der Waals surface area (Å²) in [6.45, 7) is 0. The van der Waals surface area contributed by atoms with Crippen LogP contribution in [0.25, 0.3) is 0 Å². The molecular formula is H4BCl2NaOS. The summed E-state index contributed by atoms with van der Waals surface area (Å²) in [5, 5.41) is 0. The maximum Gasteiger partial charge on any atom is 1.00 e. The summed E-state index contributed by atoms with van der Waals surface area (Å²) < 4.78 is 9.09. The largest absolute Gasteiger partial charge is 1.00 e. The molecule has 0 rings (SSSR count). The standard InChI is InChI=1S/BH4.Cl2OS.Na/c;1-4(2)3;/h1H4;;/q-1;;+1. The number of rotatable bonds is 0. The van der Waals surface area contributed by atoms with Crippen molar-refractivity contribution in [2.45, 2.75) is 0 Å². The van der Waals surface area contributed by atoms with E-state index in [9.17, 15) is 0 Å². The zero-order valence-corrected chi connectivity index (χ0v) is 6.90. The summed E-state index contributed by atoms with van der Waals surface area (Å²) in [7, 11) is 7.36. The predicted octanol–water partition coefficient (Wildman–Crippen LogP) is -3.40. The fourth-order valence-electron chi connectivity index (χ4n) is 0. The summed E-state index contributed by atoms with van der Waals surface area (Å²) in [5.74, 6) is 0. The molecule has 0 spiro atoms. The molecule has 0 aliphatic rings. The number of halogens is 2. The van der Waals surface area contributed by atoms with Crippen molar-refractivity contribution in [3.63, 3.8) is 0 Å². The molecule has 0 aliphatic carbocycles. The summed E-state index contributed by atoms with van der Waals surface area (Å²) in [5.41, 5.74) is 0. The van der Waals surface area contributed by atoms with Crippen molar-refractivity contribution in [2.75, 3.05) is 0 Å². The molecule has 0 saturated heterocycles. The second kappa shape index (κ2) is 10.0. The van der Waals surface area contributed by atoms with Crippen LogP contribution in [0.1, 0.15) is 0 Å². The molecule has 0 unspecified atom stereocenters. The molecule has 6 heavy (non-hydrogen) atoms. The normalized spacial score (nSPS) is 6.00. The zero-order chi connectivity index (χ0) is 3.58. The van der Waals surface area contributed by atoms with Gasteiger partial charge in [-0.3, -0.25) is 0 Å². The Kier molecular flexibility index (Phi) is 26.2. The van der Waals surface area contributed by atoms with Gasteiger partial charge in [-0.05, 0) is 0 Å². The van der Waals surface area contributed by atoms with Crippen molar-refractivity contribution in [1.29, 1.82) is 0 Å². The molecule has 0 aromatic rings. The Labute approximate surface area is 72.8 Å². The summed E-state index contributed by atoms with van der Waals surface area (Å²) >= 11 is 0. The van der Waals surface area contributed by atoms with Crippen LogP contribution in [0.15, 0.2) is 0 Å². The molecule has 0 heterocycles. The number of hydrogen-bond donors (Lipinski definition) is 0. The Hall–Kier alpha value is 1.95. The molecule has 0 aromatic carbocycles. The van der Waals surface area contributed by atoms with Gasteiger partial charge in [0.15, 0.2) is 31.0 Å². The van der Waals surface area contributed by atoms with Crippen LogP contribution in [0.2, 0.25) is 0 Å². The fourth-order valence-corrected chi connectivity index (χ4v) is 0. The van der Waals surface area contributed by atoms with Crippen molar-refractivity contribution in [3.05, 3.63) is 0 Å². The molecule has 0 N–H and O–H groups in total. The molecule has 0 radical (unpaired) electrons. The van der Waals surface area contributed by atoms with E-state index in [0.717, 1.165) is 0 Å². The van der Waals surface area contributed by atoms with Crippen LogP contribution in [-0.4, -0.2) is 13.0 Å². The minimum absolute atomic E-state index is 0. The van der Waals surface area contributed by atoms with E-state index >= 15 is 0 Å². The van der Waals surface area contributed by atoms with Crippen molar-refractivity contribution in [3.8, 4) is 0 Å². The van der Waals surface area contributed by atoms with Crippen LogP contribution >= 0.6 is 21.4 Å². The van der Waals surface area contributed by atoms with Gasteiger partial charge in [0, 0.05) is 0 Å². The molecule has 0 amide bonds. The van der Waals surface area contributed by atoms with Crippen LogP contribution in [0.5, 0.6) is 0 Å². The predicted molar refractivity (Wildman–Crippen MR) is 31.2 cm³/mol. The minimum atomic E-state index is -1.67. The van der Waals surface area contributed by atoms with Gasteiger partial charge in [0.1, 0.15) is 0 Å². The monoisotopic (exact) mass is 156 g/mol. The van der Waals surface area contributed by atoms with E-state index in [1.807, 2.05) is 0 Å². The van der Waals surface area contributed by atoms with E-state index in [0.29, 0.717) is 0 Å². The fraction of sp³-hybridized carbons (Fsp3) is 0. The molecular weight excluding hydrogens is 153 g/mol.